The predicted molar refractivity (Wildman–Crippen MR) is 293 cm³/mol. The van der Waals surface area contributed by atoms with Crippen molar-refractivity contribution in [1.29, 1.82) is 0 Å². The van der Waals surface area contributed by atoms with Crippen molar-refractivity contribution in [2.75, 3.05) is 9.80 Å². The molecule has 3 nitrogen and oxygen atoms in total. The molecule has 69 heavy (non-hydrogen) atoms. The fourth-order valence-corrected chi connectivity index (χ4v) is 11.7. The van der Waals surface area contributed by atoms with Gasteiger partial charge < -0.3 is 4.90 Å². The van der Waals surface area contributed by atoms with Crippen LogP contribution in [0.2, 0.25) is 0 Å². The molecule has 0 fully saturated rings. The van der Waals surface area contributed by atoms with Crippen molar-refractivity contribution in [3.05, 3.63) is 247 Å². The maximum Gasteiger partial charge on any atom is 0.137 e. The van der Waals surface area contributed by atoms with E-state index >= 15 is 0 Å². The Morgan fingerprint density at radius 3 is 1.55 bits per heavy atom. The Morgan fingerprint density at radius 2 is 0.855 bits per heavy atom. The van der Waals surface area contributed by atoms with Crippen LogP contribution in [-0.4, -0.2) is 4.98 Å². The highest BCUT2D eigenvalue weighted by Crippen LogP contribution is 2.52. The molecule has 11 aromatic carbocycles. The van der Waals surface area contributed by atoms with E-state index in [0.29, 0.717) is 0 Å². The number of anilines is 6. The second-order valence-corrected chi connectivity index (χ2v) is 19.2. The molecule has 0 unspecified atom stereocenters. The number of aromatic nitrogens is 1. The Hall–Kier alpha value is -8.53. The van der Waals surface area contributed by atoms with Gasteiger partial charge in [0.05, 0.1) is 0 Å². The van der Waals surface area contributed by atoms with Crippen molar-refractivity contribution >= 4 is 77.3 Å². The third kappa shape index (κ3) is 6.38. The minimum absolute atomic E-state index is 0.0985. The summed E-state index contributed by atoms with van der Waals surface area (Å²) in [6, 6.07) is 80.2. The third-order valence-corrected chi connectivity index (χ3v) is 14.9. The summed E-state index contributed by atoms with van der Waals surface area (Å²) in [6.07, 6.45) is 1.86. The van der Waals surface area contributed by atoms with E-state index in [-0.39, 0.29) is 5.41 Å². The van der Waals surface area contributed by atoms with E-state index in [1.54, 1.807) is 0 Å². The van der Waals surface area contributed by atoms with Gasteiger partial charge in [-0.2, -0.15) is 0 Å². The number of rotatable bonds is 8. The van der Waals surface area contributed by atoms with E-state index in [1.165, 1.54) is 98.7 Å². The summed E-state index contributed by atoms with van der Waals surface area (Å²) in [4.78, 5) is 9.38. The fourth-order valence-electron chi connectivity index (χ4n) is 11.7. The van der Waals surface area contributed by atoms with Crippen molar-refractivity contribution in [3.63, 3.8) is 0 Å². The number of para-hydroxylation sites is 2. The molecule has 328 valence electrons. The van der Waals surface area contributed by atoms with Gasteiger partial charge in [-0.1, -0.05) is 159 Å². The summed E-state index contributed by atoms with van der Waals surface area (Å²) in [5.74, 6) is 0.881. The van der Waals surface area contributed by atoms with Crippen LogP contribution in [0, 0.1) is 13.8 Å². The van der Waals surface area contributed by atoms with E-state index in [1.807, 2.05) is 18.3 Å². The summed E-state index contributed by atoms with van der Waals surface area (Å²) in [5, 5.41) is 10.4. The number of nitrogens with zero attached hydrogens (tertiary/aromatic N) is 3. The van der Waals surface area contributed by atoms with E-state index in [2.05, 4.69) is 244 Å². The SMILES string of the molecule is Cc1cc(-c2ccc(N(c3ccccc3)c3ccc4c(c3)C(C)(C)c3ccccc3-4)cc2)c2c3ccccc3c3c(C)cc(-c4ccc(N(c5ccccc5)c5ccccn5)cc4)c4ccc1c2c43. The van der Waals surface area contributed by atoms with Gasteiger partial charge in [0.15, 0.2) is 0 Å². The van der Waals surface area contributed by atoms with Gasteiger partial charge in [0.25, 0.3) is 0 Å². The minimum Gasteiger partial charge on any atom is -0.310 e. The molecule has 3 heteroatoms. The van der Waals surface area contributed by atoms with Gasteiger partial charge in [-0.3, -0.25) is 4.90 Å². The first-order chi connectivity index (χ1) is 33.8. The fraction of sp³-hybridized carbons (Fsp3) is 0.0758. The zero-order valence-corrected chi connectivity index (χ0v) is 39.2. The van der Waals surface area contributed by atoms with Crippen molar-refractivity contribution in [1.82, 2.24) is 4.98 Å². The average molecular weight is 884 g/mol. The van der Waals surface area contributed by atoms with Crippen LogP contribution in [0.3, 0.4) is 0 Å². The van der Waals surface area contributed by atoms with Gasteiger partial charge >= 0.3 is 0 Å². The zero-order valence-electron chi connectivity index (χ0n) is 39.2. The maximum atomic E-state index is 4.75. The molecule has 0 saturated carbocycles. The lowest BCUT2D eigenvalue weighted by Crippen LogP contribution is -2.16. The molecule has 12 aromatic rings. The standard InChI is InChI=1S/C66H49N3/c1-42-39-58(45-28-30-48(31-29-45)68(46-17-7-5-8-18-46)50-34-35-53-52-21-13-14-24-59(52)66(3,4)60(53)41-50)63-55-23-12-11-22-54(55)62-43(2)40-57(56-37-36-51(42)64(63)65(56)62)44-26-32-49(33-27-44)69(47-19-9-6-10-20-47)61-25-15-16-38-67-61/h5-41H,1-4H3. The number of hydrogen-bond donors (Lipinski definition) is 0. The van der Waals surface area contributed by atoms with Crippen LogP contribution < -0.4 is 9.80 Å². The monoisotopic (exact) mass is 883 g/mol. The van der Waals surface area contributed by atoms with Gasteiger partial charge in [0, 0.05) is 40.0 Å². The smallest absolute Gasteiger partial charge is 0.137 e. The number of hydrogen-bond acceptors (Lipinski definition) is 3. The molecule has 0 atom stereocenters. The Kier molecular flexibility index (Phi) is 9.32. The van der Waals surface area contributed by atoms with Crippen LogP contribution in [0.25, 0.3) is 76.5 Å². The Labute approximate surface area is 403 Å². The lowest BCUT2D eigenvalue weighted by molar-refractivity contribution is 0.660. The van der Waals surface area contributed by atoms with Gasteiger partial charge in [0.1, 0.15) is 5.82 Å². The predicted octanol–water partition coefficient (Wildman–Crippen LogP) is 18.3. The molecule has 0 saturated heterocycles. The molecule has 0 N–H and O–H groups in total. The molecule has 0 amide bonds. The average Bonchev–Trinajstić information content (AvgIpc) is 3.62. The van der Waals surface area contributed by atoms with Crippen LogP contribution in [0.5, 0.6) is 0 Å². The Balaban J connectivity index is 0.958. The highest BCUT2D eigenvalue weighted by molar-refractivity contribution is 6.38. The lowest BCUT2D eigenvalue weighted by Gasteiger charge is -2.28. The lowest BCUT2D eigenvalue weighted by atomic mass is 9.81. The van der Waals surface area contributed by atoms with Gasteiger partial charge in [-0.15, -0.1) is 0 Å². The van der Waals surface area contributed by atoms with Crippen LogP contribution in [0.4, 0.5) is 34.3 Å². The zero-order chi connectivity index (χ0) is 46.4. The van der Waals surface area contributed by atoms with Crippen molar-refractivity contribution < 1.29 is 0 Å². The maximum absolute atomic E-state index is 4.75. The second-order valence-electron chi connectivity index (χ2n) is 19.2. The summed E-state index contributed by atoms with van der Waals surface area (Å²) in [6.45, 7) is 9.29. The largest absolute Gasteiger partial charge is 0.310 e. The number of fused-ring (bicyclic) bond motifs is 6. The molecule has 1 aliphatic carbocycles. The normalized spacial score (nSPS) is 12.8. The van der Waals surface area contributed by atoms with Gasteiger partial charge in [0.2, 0.25) is 0 Å². The van der Waals surface area contributed by atoms with Crippen LogP contribution in [-0.2, 0) is 5.41 Å². The number of benzene rings is 11. The van der Waals surface area contributed by atoms with Crippen LogP contribution in [0.15, 0.2) is 225 Å². The van der Waals surface area contributed by atoms with Crippen molar-refractivity contribution in [2.45, 2.75) is 33.1 Å². The molecule has 1 aromatic heterocycles. The molecule has 13 rings (SSSR count). The molecule has 0 aliphatic heterocycles. The first-order valence-corrected chi connectivity index (χ1v) is 24.0. The third-order valence-electron chi connectivity index (χ3n) is 14.9. The highest BCUT2D eigenvalue weighted by atomic mass is 15.2. The molecule has 0 bridgehead atoms. The second kappa shape index (κ2) is 15.8. The van der Waals surface area contributed by atoms with Gasteiger partial charge in [-0.25, -0.2) is 4.98 Å². The van der Waals surface area contributed by atoms with Crippen LogP contribution in [0.1, 0.15) is 36.1 Å². The Morgan fingerprint density at radius 1 is 0.333 bits per heavy atom. The van der Waals surface area contributed by atoms with E-state index in [4.69, 9.17) is 4.98 Å². The van der Waals surface area contributed by atoms with Crippen LogP contribution >= 0.6 is 0 Å². The first kappa shape index (κ1) is 40.7. The molecular weight excluding hydrogens is 835 g/mol. The Bertz CT molecular complexity index is 3880. The first-order valence-electron chi connectivity index (χ1n) is 24.0. The molecular formula is C66H49N3. The van der Waals surface area contributed by atoms with E-state index in [9.17, 15) is 0 Å². The summed E-state index contributed by atoms with van der Waals surface area (Å²) >= 11 is 0. The topological polar surface area (TPSA) is 19.4 Å². The molecule has 0 radical (unpaired) electrons. The van der Waals surface area contributed by atoms with E-state index < -0.39 is 0 Å². The molecule has 1 heterocycles. The van der Waals surface area contributed by atoms with Crippen molar-refractivity contribution in [2.24, 2.45) is 0 Å². The highest BCUT2D eigenvalue weighted by Gasteiger charge is 2.36. The number of pyridine rings is 1. The minimum atomic E-state index is -0.0985. The summed E-state index contributed by atoms with van der Waals surface area (Å²) in [7, 11) is 0. The summed E-state index contributed by atoms with van der Waals surface area (Å²) < 4.78 is 0. The van der Waals surface area contributed by atoms with Gasteiger partial charge in [-0.05, 0) is 185 Å². The van der Waals surface area contributed by atoms with Crippen molar-refractivity contribution in [3.8, 4) is 33.4 Å². The summed E-state index contributed by atoms with van der Waals surface area (Å²) in [5.41, 5.74) is 18.3. The number of aryl methyl sites for hydroxylation is 2. The van der Waals surface area contributed by atoms with E-state index in [0.717, 1.165) is 34.3 Å². The molecule has 1 aliphatic rings. The quantitative estimate of drug-likeness (QED) is 0.112. The molecule has 0 spiro atoms.